The van der Waals surface area contributed by atoms with E-state index in [2.05, 4.69) is 20.8 Å². The van der Waals surface area contributed by atoms with E-state index >= 15 is 0 Å². The number of halogens is 1. The SMILES string of the molecule is CCc1nnc(NC(=O)[C@@H](NC(=O)c2ccccc2F)C(C)C)s1. The number of hydrogen-bond acceptors (Lipinski definition) is 5. The maximum Gasteiger partial charge on any atom is 0.254 e. The van der Waals surface area contributed by atoms with Crippen molar-refractivity contribution in [3.05, 3.63) is 40.7 Å². The van der Waals surface area contributed by atoms with Crippen LogP contribution in [0.3, 0.4) is 0 Å². The Kier molecular flexibility index (Phi) is 5.97. The number of rotatable bonds is 6. The van der Waals surface area contributed by atoms with E-state index in [9.17, 15) is 14.0 Å². The topological polar surface area (TPSA) is 84.0 Å². The Morgan fingerprint density at radius 1 is 1.25 bits per heavy atom. The Labute approximate surface area is 143 Å². The highest BCUT2D eigenvalue weighted by atomic mass is 32.1. The van der Waals surface area contributed by atoms with Crippen LogP contribution in [0.25, 0.3) is 0 Å². The number of aromatic nitrogens is 2. The molecule has 0 unspecified atom stereocenters. The van der Waals surface area contributed by atoms with Gasteiger partial charge < -0.3 is 5.32 Å². The Morgan fingerprint density at radius 3 is 2.54 bits per heavy atom. The highest BCUT2D eigenvalue weighted by molar-refractivity contribution is 7.15. The third-order valence-corrected chi connectivity index (χ3v) is 4.34. The molecule has 0 saturated carbocycles. The molecule has 0 aliphatic carbocycles. The van der Waals surface area contributed by atoms with E-state index in [0.29, 0.717) is 5.13 Å². The second kappa shape index (κ2) is 7.96. The molecule has 8 heteroatoms. The summed E-state index contributed by atoms with van der Waals surface area (Å²) in [5, 5.41) is 14.2. The molecule has 0 aliphatic heterocycles. The van der Waals surface area contributed by atoms with Gasteiger partial charge in [-0.05, 0) is 24.5 Å². The van der Waals surface area contributed by atoms with Gasteiger partial charge in [-0.25, -0.2) is 4.39 Å². The molecule has 1 aromatic heterocycles. The number of carbonyl (C=O) groups excluding carboxylic acids is 2. The van der Waals surface area contributed by atoms with Crippen LogP contribution in [0.4, 0.5) is 9.52 Å². The van der Waals surface area contributed by atoms with E-state index < -0.39 is 23.7 Å². The van der Waals surface area contributed by atoms with Crippen molar-refractivity contribution < 1.29 is 14.0 Å². The van der Waals surface area contributed by atoms with Crippen LogP contribution in [0.1, 0.15) is 36.1 Å². The zero-order valence-corrected chi connectivity index (χ0v) is 14.5. The monoisotopic (exact) mass is 350 g/mol. The maximum absolute atomic E-state index is 13.7. The molecule has 1 heterocycles. The molecular formula is C16H19FN4O2S. The molecule has 0 spiro atoms. The van der Waals surface area contributed by atoms with Gasteiger partial charge in [-0.1, -0.05) is 44.2 Å². The fourth-order valence-corrected chi connectivity index (χ4v) is 2.71. The van der Waals surface area contributed by atoms with Gasteiger partial charge in [-0.15, -0.1) is 10.2 Å². The summed E-state index contributed by atoms with van der Waals surface area (Å²) in [6.45, 7) is 5.53. The Morgan fingerprint density at radius 2 is 1.96 bits per heavy atom. The Hall–Kier alpha value is -2.35. The normalized spacial score (nSPS) is 12.0. The highest BCUT2D eigenvalue weighted by Gasteiger charge is 2.26. The molecule has 0 fully saturated rings. The average molecular weight is 350 g/mol. The van der Waals surface area contributed by atoms with E-state index in [-0.39, 0.29) is 11.5 Å². The van der Waals surface area contributed by atoms with E-state index in [4.69, 9.17) is 0 Å². The van der Waals surface area contributed by atoms with Crippen LogP contribution in [-0.4, -0.2) is 28.1 Å². The van der Waals surface area contributed by atoms with E-state index in [1.54, 1.807) is 19.9 Å². The number of amides is 2. The summed E-state index contributed by atoms with van der Waals surface area (Å²) in [4.78, 5) is 24.7. The van der Waals surface area contributed by atoms with Crippen molar-refractivity contribution in [3.8, 4) is 0 Å². The third-order valence-electron chi connectivity index (χ3n) is 3.35. The molecule has 1 aromatic carbocycles. The van der Waals surface area contributed by atoms with Crippen molar-refractivity contribution in [2.45, 2.75) is 33.2 Å². The lowest BCUT2D eigenvalue weighted by molar-refractivity contribution is -0.118. The number of carbonyl (C=O) groups is 2. The van der Waals surface area contributed by atoms with Crippen molar-refractivity contribution in [2.24, 2.45) is 5.92 Å². The molecule has 2 aromatic rings. The third kappa shape index (κ3) is 4.35. The van der Waals surface area contributed by atoms with Crippen LogP contribution in [0.5, 0.6) is 0 Å². The lowest BCUT2D eigenvalue weighted by atomic mass is 10.0. The molecule has 0 saturated heterocycles. The van der Waals surface area contributed by atoms with Gasteiger partial charge in [0.1, 0.15) is 16.9 Å². The van der Waals surface area contributed by atoms with Gasteiger partial charge in [0.15, 0.2) is 0 Å². The number of nitrogens with one attached hydrogen (secondary N) is 2. The van der Waals surface area contributed by atoms with Crippen molar-refractivity contribution in [2.75, 3.05) is 5.32 Å². The van der Waals surface area contributed by atoms with E-state index in [1.165, 1.54) is 29.5 Å². The lowest BCUT2D eigenvalue weighted by Crippen LogP contribution is -2.47. The van der Waals surface area contributed by atoms with Crippen molar-refractivity contribution >= 4 is 28.3 Å². The fourth-order valence-electron chi connectivity index (χ4n) is 2.03. The standard InChI is InChI=1S/C16H19FN4O2S/c1-4-12-20-21-16(24-12)19-15(23)13(9(2)3)18-14(22)10-7-5-6-8-11(10)17/h5-9,13H,4H2,1-3H3,(H,18,22)(H,19,21,23)/t13-/m0/s1. The largest absolute Gasteiger partial charge is 0.340 e. The summed E-state index contributed by atoms with van der Waals surface area (Å²) in [6.07, 6.45) is 0.727. The second-order valence-electron chi connectivity index (χ2n) is 5.52. The molecule has 2 N–H and O–H groups in total. The molecule has 128 valence electrons. The maximum atomic E-state index is 13.7. The van der Waals surface area contributed by atoms with Crippen LogP contribution in [-0.2, 0) is 11.2 Å². The minimum atomic E-state index is -0.814. The first-order valence-corrected chi connectivity index (χ1v) is 8.42. The summed E-state index contributed by atoms with van der Waals surface area (Å²) in [5.41, 5.74) is -0.0971. The summed E-state index contributed by atoms with van der Waals surface area (Å²) in [7, 11) is 0. The van der Waals surface area contributed by atoms with Crippen LogP contribution < -0.4 is 10.6 Å². The first-order valence-electron chi connectivity index (χ1n) is 7.61. The number of hydrogen-bond donors (Lipinski definition) is 2. The zero-order chi connectivity index (χ0) is 17.7. The minimum absolute atomic E-state index is 0.0971. The summed E-state index contributed by atoms with van der Waals surface area (Å²) >= 11 is 1.28. The quantitative estimate of drug-likeness (QED) is 0.839. The summed E-state index contributed by atoms with van der Waals surface area (Å²) in [5.74, 6) is -1.85. The smallest absolute Gasteiger partial charge is 0.254 e. The Balaban J connectivity index is 2.09. The fraction of sp³-hybridized carbons (Fsp3) is 0.375. The molecule has 6 nitrogen and oxygen atoms in total. The lowest BCUT2D eigenvalue weighted by Gasteiger charge is -2.21. The first kappa shape index (κ1) is 18.0. The van der Waals surface area contributed by atoms with Gasteiger partial charge in [0.05, 0.1) is 5.56 Å². The predicted molar refractivity (Wildman–Crippen MR) is 90.4 cm³/mol. The van der Waals surface area contributed by atoms with Gasteiger partial charge in [0.2, 0.25) is 11.0 Å². The van der Waals surface area contributed by atoms with Crippen LogP contribution in [0, 0.1) is 11.7 Å². The molecule has 0 radical (unpaired) electrons. The van der Waals surface area contributed by atoms with E-state index in [1.807, 2.05) is 6.92 Å². The van der Waals surface area contributed by atoms with Crippen LogP contribution in [0.15, 0.2) is 24.3 Å². The molecule has 0 bridgehead atoms. The zero-order valence-electron chi connectivity index (χ0n) is 13.7. The highest BCUT2D eigenvalue weighted by Crippen LogP contribution is 2.17. The minimum Gasteiger partial charge on any atom is -0.340 e. The van der Waals surface area contributed by atoms with Gasteiger partial charge in [-0.2, -0.15) is 0 Å². The molecule has 1 atom stereocenters. The number of nitrogens with zero attached hydrogens (tertiary/aromatic N) is 2. The van der Waals surface area contributed by atoms with Gasteiger partial charge in [-0.3, -0.25) is 14.9 Å². The molecule has 2 amide bonds. The summed E-state index contributed by atoms with van der Waals surface area (Å²) in [6, 6.07) is 4.83. The molecule has 24 heavy (non-hydrogen) atoms. The average Bonchev–Trinajstić information content (AvgIpc) is 3.00. The van der Waals surface area contributed by atoms with Crippen LogP contribution >= 0.6 is 11.3 Å². The second-order valence-corrected chi connectivity index (χ2v) is 6.58. The van der Waals surface area contributed by atoms with E-state index in [0.717, 1.165) is 11.4 Å². The van der Waals surface area contributed by atoms with Gasteiger partial charge >= 0.3 is 0 Å². The van der Waals surface area contributed by atoms with Gasteiger partial charge in [0.25, 0.3) is 5.91 Å². The summed E-state index contributed by atoms with van der Waals surface area (Å²) < 4.78 is 13.7. The number of anilines is 1. The molecular weight excluding hydrogens is 331 g/mol. The number of aryl methyl sites for hydroxylation is 1. The predicted octanol–water partition coefficient (Wildman–Crippen LogP) is 2.63. The molecule has 0 aliphatic rings. The Bertz CT molecular complexity index is 732. The van der Waals surface area contributed by atoms with Crippen molar-refractivity contribution in [1.82, 2.24) is 15.5 Å². The molecule has 2 rings (SSSR count). The van der Waals surface area contributed by atoms with Crippen molar-refractivity contribution in [1.29, 1.82) is 0 Å². The van der Waals surface area contributed by atoms with Crippen molar-refractivity contribution in [3.63, 3.8) is 0 Å². The first-order chi connectivity index (χ1) is 11.4. The number of benzene rings is 1. The van der Waals surface area contributed by atoms with Gasteiger partial charge in [0, 0.05) is 0 Å². The van der Waals surface area contributed by atoms with Crippen LogP contribution in [0.2, 0.25) is 0 Å².